The summed E-state index contributed by atoms with van der Waals surface area (Å²) in [6, 6.07) is 12.0. The van der Waals surface area contributed by atoms with Gasteiger partial charge < -0.3 is 15.0 Å². The summed E-state index contributed by atoms with van der Waals surface area (Å²) >= 11 is 1.43. The topological polar surface area (TPSA) is 70.1 Å². The Morgan fingerprint density at radius 2 is 2.00 bits per heavy atom. The molecule has 28 heavy (non-hydrogen) atoms. The van der Waals surface area contributed by atoms with Crippen LogP contribution in [0.1, 0.15) is 10.6 Å². The van der Waals surface area contributed by atoms with Gasteiger partial charge in [-0.2, -0.15) is 0 Å². The Bertz CT molecular complexity index is 1220. The average molecular weight is 399 g/mol. The molecule has 0 radical (unpaired) electrons. The maximum absolute atomic E-state index is 13.8. The van der Waals surface area contributed by atoms with E-state index in [0.717, 1.165) is 32.9 Å². The first-order valence-electron chi connectivity index (χ1n) is 8.41. The van der Waals surface area contributed by atoms with Crippen molar-refractivity contribution in [2.24, 2.45) is 0 Å². The van der Waals surface area contributed by atoms with E-state index in [1.165, 1.54) is 22.0 Å². The first-order valence-corrected chi connectivity index (χ1v) is 9.23. The zero-order valence-electron chi connectivity index (χ0n) is 14.6. The zero-order chi connectivity index (χ0) is 19.7. The van der Waals surface area contributed by atoms with E-state index in [-0.39, 0.29) is 23.6 Å². The lowest BCUT2D eigenvalue weighted by atomic mass is 10.2. The van der Waals surface area contributed by atoms with Gasteiger partial charge in [-0.15, -0.1) is 11.3 Å². The second-order valence-electron chi connectivity index (χ2n) is 6.13. The van der Waals surface area contributed by atoms with Gasteiger partial charge in [0.1, 0.15) is 17.4 Å². The van der Waals surface area contributed by atoms with E-state index in [0.29, 0.717) is 6.54 Å². The Morgan fingerprint density at radius 3 is 2.82 bits per heavy atom. The number of pyridine rings is 1. The van der Waals surface area contributed by atoms with Crippen molar-refractivity contribution in [3.05, 3.63) is 87.3 Å². The van der Waals surface area contributed by atoms with Gasteiger partial charge in [-0.25, -0.2) is 13.8 Å². The lowest BCUT2D eigenvalue weighted by Crippen LogP contribution is -2.22. The molecule has 0 saturated heterocycles. The normalized spacial score (nSPS) is 11.1. The molecule has 4 rings (SSSR count). The maximum Gasteiger partial charge on any atom is 0.274 e. The summed E-state index contributed by atoms with van der Waals surface area (Å²) in [5.74, 6) is -1.43. The molecule has 4 aromatic rings. The van der Waals surface area contributed by atoms with E-state index in [4.69, 9.17) is 10.5 Å². The quantitative estimate of drug-likeness (QED) is 0.552. The molecule has 0 amide bonds. The standard InChI is InChI=1S/C20H15F2N3O2S/c21-13-6-7-17(14(22)9-13)27-11-12-3-1-5-16-19(12)28-18(24-16)10-25-8-2-4-15(23)20(25)26/h1-9H,10-11,23H2. The Hall–Kier alpha value is -3.26. The fourth-order valence-electron chi connectivity index (χ4n) is 2.81. The fourth-order valence-corrected chi connectivity index (χ4v) is 3.87. The van der Waals surface area contributed by atoms with Crippen molar-refractivity contribution in [1.29, 1.82) is 0 Å². The zero-order valence-corrected chi connectivity index (χ0v) is 15.4. The summed E-state index contributed by atoms with van der Waals surface area (Å²) in [4.78, 5) is 16.7. The van der Waals surface area contributed by atoms with E-state index in [2.05, 4.69) is 4.98 Å². The molecule has 2 aromatic carbocycles. The molecule has 2 heterocycles. The van der Waals surface area contributed by atoms with Crippen LogP contribution in [0.25, 0.3) is 10.2 Å². The summed E-state index contributed by atoms with van der Waals surface area (Å²) in [5, 5.41) is 0.739. The number of thiazole rings is 1. The van der Waals surface area contributed by atoms with Gasteiger partial charge in [-0.1, -0.05) is 12.1 Å². The van der Waals surface area contributed by atoms with Gasteiger partial charge in [0.05, 0.1) is 22.4 Å². The number of hydrogen-bond donors (Lipinski definition) is 1. The van der Waals surface area contributed by atoms with Crippen molar-refractivity contribution in [1.82, 2.24) is 9.55 Å². The largest absolute Gasteiger partial charge is 0.486 e. The number of fused-ring (bicyclic) bond motifs is 1. The summed E-state index contributed by atoms with van der Waals surface area (Å²) < 4.78 is 34.7. The Labute approximate surface area is 162 Å². The minimum absolute atomic E-state index is 0.0190. The van der Waals surface area contributed by atoms with Crippen LogP contribution in [0.2, 0.25) is 0 Å². The number of rotatable bonds is 5. The predicted molar refractivity (Wildman–Crippen MR) is 105 cm³/mol. The third kappa shape index (κ3) is 3.59. The molecule has 142 valence electrons. The number of nitrogen functional groups attached to an aromatic ring is 1. The number of anilines is 1. The number of aromatic nitrogens is 2. The maximum atomic E-state index is 13.8. The van der Waals surface area contributed by atoms with Gasteiger partial charge in [0.15, 0.2) is 11.6 Å². The molecule has 0 atom stereocenters. The smallest absolute Gasteiger partial charge is 0.274 e. The second kappa shape index (κ2) is 7.40. The highest BCUT2D eigenvalue weighted by atomic mass is 32.1. The van der Waals surface area contributed by atoms with Gasteiger partial charge in [-0.3, -0.25) is 4.79 Å². The molecule has 5 nitrogen and oxygen atoms in total. The number of halogens is 2. The van der Waals surface area contributed by atoms with E-state index in [9.17, 15) is 13.6 Å². The molecule has 2 N–H and O–H groups in total. The molecule has 0 saturated carbocycles. The monoisotopic (exact) mass is 399 g/mol. The Balaban J connectivity index is 1.60. The molecule has 0 aliphatic heterocycles. The third-order valence-corrected chi connectivity index (χ3v) is 5.30. The van der Waals surface area contributed by atoms with Crippen LogP contribution >= 0.6 is 11.3 Å². The van der Waals surface area contributed by atoms with Crippen molar-refractivity contribution < 1.29 is 13.5 Å². The number of ether oxygens (including phenoxy) is 1. The molecular formula is C20H15F2N3O2S. The second-order valence-corrected chi connectivity index (χ2v) is 7.22. The summed E-state index contributed by atoms with van der Waals surface area (Å²) in [6.07, 6.45) is 1.66. The Kier molecular flexibility index (Phi) is 4.79. The fraction of sp³-hybridized carbons (Fsp3) is 0.100. The van der Waals surface area contributed by atoms with Crippen molar-refractivity contribution in [2.45, 2.75) is 13.2 Å². The van der Waals surface area contributed by atoms with Crippen LogP contribution in [-0.4, -0.2) is 9.55 Å². The van der Waals surface area contributed by atoms with Crippen LogP contribution in [0.15, 0.2) is 59.5 Å². The van der Waals surface area contributed by atoms with Gasteiger partial charge in [0.25, 0.3) is 5.56 Å². The molecule has 2 aromatic heterocycles. The van der Waals surface area contributed by atoms with Gasteiger partial charge in [0, 0.05) is 17.8 Å². The minimum atomic E-state index is -0.752. The van der Waals surface area contributed by atoms with Gasteiger partial charge in [0.2, 0.25) is 0 Å². The average Bonchev–Trinajstić information content (AvgIpc) is 3.08. The van der Waals surface area contributed by atoms with Crippen molar-refractivity contribution in [2.75, 3.05) is 5.73 Å². The molecule has 0 unspecified atom stereocenters. The van der Waals surface area contributed by atoms with Gasteiger partial charge in [-0.05, 0) is 30.3 Å². The first kappa shape index (κ1) is 18.1. The number of nitrogens with zero attached hydrogens (tertiary/aromatic N) is 2. The Morgan fingerprint density at radius 1 is 1.14 bits per heavy atom. The minimum Gasteiger partial charge on any atom is -0.486 e. The first-order chi connectivity index (χ1) is 13.5. The summed E-state index contributed by atoms with van der Waals surface area (Å²) in [7, 11) is 0. The van der Waals surface area contributed by atoms with Crippen LogP contribution in [0.4, 0.5) is 14.5 Å². The third-order valence-electron chi connectivity index (χ3n) is 4.17. The molecular weight excluding hydrogens is 384 g/mol. The van der Waals surface area contributed by atoms with Crippen LogP contribution in [0.5, 0.6) is 5.75 Å². The molecule has 0 spiro atoms. The van der Waals surface area contributed by atoms with E-state index in [1.54, 1.807) is 18.3 Å². The van der Waals surface area contributed by atoms with E-state index < -0.39 is 11.6 Å². The highest BCUT2D eigenvalue weighted by Gasteiger charge is 2.11. The number of hydrogen-bond acceptors (Lipinski definition) is 5. The van der Waals surface area contributed by atoms with E-state index >= 15 is 0 Å². The molecule has 0 aliphatic rings. The molecule has 0 bridgehead atoms. The summed E-state index contributed by atoms with van der Waals surface area (Å²) in [5.41, 5.74) is 7.17. The lowest BCUT2D eigenvalue weighted by molar-refractivity contribution is 0.291. The van der Waals surface area contributed by atoms with Crippen LogP contribution in [0, 0.1) is 11.6 Å². The van der Waals surface area contributed by atoms with Gasteiger partial charge >= 0.3 is 0 Å². The predicted octanol–water partition coefficient (Wildman–Crippen LogP) is 3.95. The SMILES string of the molecule is Nc1cccn(Cc2nc3cccc(COc4ccc(F)cc4F)c3s2)c1=O. The van der Waals surface area contributed by atoms with Crippen LogP contribution < -0.4 is 16.0 Å². The number of nitrogens with two attached hydrogens (primary N) is 1. The van der Waals surface area contributed by atoms with Crippen molar-refractivity contribution in [3.63, 3.8) is 0 Å². The molecule has 0 fully saturated rings. The van der Waals surface area contributed by atoms with Crippen LogP contribution in [0.3, 0.4) is 0 Å². The van der Waals surface area contributed by atoms with Crippen LogP contribution in [-0.2, 0) is 13.2 Å². The molecule has 8 heteroatoms. The van der Waals surface area contributed by atoms with Crippen molar-refractivity contribution >= 4 is 27.2 Å². The lowest BCUT2D eigenvalue weighted by Gasteiger charge is -2.07. The highest BCUT2D eigenvalue weighted by Crippen LogP contribution is 2.28. The molecule has 0 aliphatic carbocycles. The number of benzene rings is 2. The highest BCUT2D eigenvalue weighted by molar-refractivity contribution is 7.18. The van der Waals surface area contributed by atoms with E-state index in [1.807, 2.05) is 18.2 Å². The van der Waals surface area contributed by atoms with Crippen molar-refractivity contribution in [3.8, 4) is 5.75 Å². The summed E-state index contributed by atoms with van der Waals surface area (Å²) in [6.45, 7) is 0.413.